The van der Waals surface area contributed by atoms with E-state index in [1.165, 1.54) is 0 Å². The highest BCUT2D eigenvalue weighted by atomic mass is 32.1. The van der Waals surface area contributed by atoms with Crippen LogP contribution in [0.15, 0.2) is 0 Å². The molecule has 1 aliphatic heterocycles. The maximum absolute atomic E-state index is 11.0. The molecule has 5 heteroatoms. The van der Waals surface area contributed by atoms with Gasteiger partial charge in [-0.25, -0.2) is 0 Å². The Hall–Kier alpha value is -0.680. The number of likely N-dealkylation sites (tertiary alicyclic amines) is 1. The number of hydrogen-bond donors (Lipinski definition) is 2. The summed E-state index contributed by atoms with van der Waals surface area (Å²) in [6.45, 7) is 1.96. The number of nitrogens with one attached hydrogen (secondary N) is 1. The molecule has 1 heterocycles. The number of thiocarbonyl (C=S) groups is 1. The van der Waals surface area contributed by atoms with E-state index in [0.29, 0.717) is 11.4 Å². The molecule has 3 N–H and O–H groups in total. The van der Waals surface area contributed by atoms with E-state index in [4.69, 9.17) is 18.0 Å². The van der Waals surface area contributed by atoms with Crippen LogP contribution in [0.4, 0.5) is 0 Å². The summed E-state index contributed by atoms with van der Waals surface area (Å²) in [6.07, 6.45) is 3.67. The van der Waals surface area contributed by atoms with Crippen molar-refractivity contribution in [1.82, 2.24) is 10.2 Å². The van der Waals surface area contributed by atoms with E-state index >= 15 is 0 Å². The average Bonchev–Trinajstić information content (AvgIpc) is 2.65. The molecule has 0 aromatic carbocycles. The summed E-state index contributed by atoms with van der Waals surface area (Å²) >= 11 is 5.01. The maximum atomic E-state index is 11.0. The molecule has 0 spiro atoms. The molecule has 1 saturated heterocycles. The van der Waals surface area contributed by atoms with Gasteiger partial charge in [0.15, 0.2) is 0 Å². The Morgan fingerprint density at radius 3 is 3.00 bits per heavy atom. The fraction of sp³-hybridized carbons (Fsp3) is 0.800. The lowest BCUT2D eigenvalue weighted by Crippen LogP contribution is -2.39. The Balaban J connectivity index is 2.26. The third-order valence-corrected chi connectivity index (χ3v) is 3.09. The predicted octanol–water partition coefficient (Wildman–Crippen LogP) is 0.263. The first kappa shape index (κ1) is 12.4. The second-order valence-electron chi connectivity index (χ2n) is 3.87. The maximum Gasteiger partial charge on any atom is 0.219 e. The highest BCUT2D eigenvalue weighted by molar-refractivity contribution is 7.80. The number of rotatable bonds is 5. The van der Waals surface area contributed by atoms with Gasteiger partial charge < -0.3 is 11.1 Å². The monoisotopic (exact) mass is 229 g/mol. The Morgan fingerprint density at radius 1 is 1.67 bits per heavy atom. The van der Waals surface area contributed by atoms with Crippen LogP contribution in [0, 0.1) is 0 Å². The highest BCUT2D eigenvalue weighted by Gasteiger charge is 2.25. The first-order valence-electron chi connectivity index (χ1n) is 5.39. The van der Waals surface area contributed by atoms with Crippen molar-refractivity contribution < 1.29 is 4.79 Å². The minimum atomic E-state index is 0.0982. The molecule has 1 rings (SSSR count). The van der Waals surface area contributed by atoms with Gasteiger partial charge in [-0.2, -0.15) is 0 Å². The molecule has 1 amide bonds. The van der Waals surface area contributed by atoms with Gasteiger partial charge >= 0.3 is 0 Å². The van der Waals surface area contributed by atoms with E-state index in [2.05, 4.69) is 10.2 Å². The third kappa shape index (κ3) is 3.76. The van der Waals surface area contributed by atoms with E-state index in [0.717, 1.165) is 32.4 Å². The smallest absolute Gasteiger partial charge is 0.219 e. The molecule has 0 radical (unpaired) electrons. The van der Waals surface area contributed by atoms with Crippen LogP contribution in [0.5, 0.6) is 0 Å². The minimum absolute atomic E-state index is 0.0982. The number of nitrogens with zero attached hydrogens (tertiary/aromatic N) is 1. The van der Waals surface area contributed by atoms with Crippen molar-refractivity contribution in [2.75, 3.05) is 20.1 Å². The summed E-state index contributed by atoms with van der Waals surface area (Å²) < 4.78 is 0. The standard InChI is InChI=1S/C10H19N3OS/c1-12-9(14)5-3-7-13-6-2-4-8(13)10(11)15/h8H,2-7H2,1H3,(H2,11,15)(H,12,14). The number of amides is 1. The van der Waals surface area contributed by atoms with Gasteiger partial charge in [-0.1, -0.05) is 12.2 Å². The molecule has 0 aromatic heterocycles. The first-order chi connectivity index (χ1) is 7.15. The molecule has 0 saturated carbocycles. The number of nitrogens with two attached hydrogens (primary N) is 1. The van der Waals surface area contributed by atoms with Gasteiger partial charge in [-0.3, -0.25) is 9.69 Å². The van der Waals surface area contributed by atoms with Crippen molar-refractivity contribution in [3.05, 3.63) is 0 Å². The summed E-state index contributed by atoms with van der Waals surface area (Å²) in [4.78, 5) is 13.9. The van der Waals surface area contributed by atoms with E-state index in [-0.39, 0.29) is 11.9 Å². The molecule has 1 aliphatic rings. The molecule has 15 heavy (non-hydrogen) atoms. The zero-order valence-electron chi connectivity index (χ0n) is 9.16. The van der Waals surface area contributed by atoms with Crippen molar-refractivity contribution in [3.8, 4) is 0 Å². The number of carbonyl (C=O) groups is 1. The summed E-state index contributed by atoms with van der Waals surface area (Å²) in [6, 6.07) is 0.254. The second-order valence-corrected chi connectivity index (χ2v) is 4.34. The van der Waals surface area contributed by atoms with Crippen molar-refractivity contribution in [2.45, 2.75) is 31.7 Å². The van der Waals surface area contributed by atoms with Gasteiger partial charge in [-0.05, 0) is 32.4 Å². The van der Waals surface area contributed by atoms with Crippen LogP contribution < -0.4 is 11.1 Å². The third-order valence-electron chi connectivity index (χ3n) is 2.82. The average molecular weight is 229 g/mol. The van der Waals surface area contributed by atoms with Gasteiger partial charge in [0.25, 0.3) is 0 Å². The van der Waals surface area contributed by atoms with Gasteiger partial charge in [0.1, 0.15) is 0 Å². The topological polar surface area (TPSA) is 58.4 Å². The van der Waals surface area contributed by atoms with Crippen molar-refractivity contribution in [2.24, 2.45) is 5.73 Å². The molecule has 86 valence electrons. The quantitative estimate of drug-likeness (QED) is 0.664. The number of hydrogen-bond acceptors (Lipinski definition) is 3. The largest absolute Gasteiger partial charge is 0.392 e. The molecule has 0 aromatic rings. The van der Waals surface area contributed by atoms with E-state index in [1.807, 2.05) is 0 Å². The van der Waals surface area contributed by atoms with Crippen LogP contribution in [-0.2, 0) is 4.79 Å². The molecule has 4 nitrogen and oxygen atoms in total. The van der Waals surface area contributed by atoms with Crippen LogP contribution in [0.3, 0.4) is 0 Å². The van der Waals surface area contributed by atoms with Crippen LogP contribution >= 0.6 is 12.2 Å². The van der Waals surface area contributed by atoms with Crippen molar-refractivity contribution >= 4 is 23.1 Å². The van der Waals surface area contributed by atoms with E-state index < -0.39 is 0 Å². The first-order valence-corrected chi connectivity index (χ1v) is 5.80. The van der Waals surface area contributed by atoms with E-state index in [1.54, 1.807) is 7.05 Å². The van der Waals surface area contributed by atoms with E-state index in [9.17, 15) is 4.79 Å². The normalized spacial score (nSPS) is 21.5. The van der Waals surface area contributed by atoms with Crippen molar-refractivity contribution in [1.29, 1.82) is 0 Å². The predicted molar refractivity (Wildman–Crippen MR) is 64.7 cm³/mol. The molecular formula is C10H19N3OS. The van der Waals surface area contributed by atoms with Crippen LogP contribution in [-0.4, -0.2) is 42.0 Å². The fourth-order valence-corrected chi connectivity index (χ4v) is 2.25. The molecule has 1 fully saturated rings. The molecule has 1 unspecified atom stereocenters. The molecule has 0 aliphatic carbocycles. The summed E-state index contributed by atoms with van der Waals surface area (Å²) in [5.41, 5.74) is 5.66. The molecule has 0 bridgehead atoms. The SMILES string of the molecule is CNC(=O)CCCN1CCCC1C(N)=S. The lowest BCUT2D eigenvalue weighted by atomic mass is 10.2. The fourth-order valence-electron chi connectivity index (χ4n) is 1.98. The minimum Gasteiger partial charge on any atom is -0.392 e. The van der Waals surface area contributed by atoms with Gasteiger partial charge in [0.05, 0.1) is 11.0 Å². The second kappa shape index (κ2) is 6.02. The van der Waals surface area contributed by atoms with Gasteiger partial charge in [0.2, 0.25) is 5.91 Å². The van der Waals surface area contributed by atoms with Crippen LogP contribution in [0.2, 0.25) is 0 Å². The highest BCUT2D eigenvalue weighted by Crippen LogP contribution is 2.17. The zero-order valence-corrected chi connectivity index (χ0v) is 9.98. The van der Waals surface area contributed by atoms with Crippen molar-refractivity contribution in [3.63, 3.8) is 0 Å². The summed E-state index contributed by atoms with van der Waals surface area (Å²) in [7, 11) is 1.66. The lowest BCUT2D eigenvalue weighted by Gasteiger charge is -2.22. The molecule has 1 atom stereocenters. The van der Waals surface area contributed by atoms with Crippen LogP contribution in [0.25, 0.3) is 0 Å². The number of carbonyl (C=O) groups excluding carboxylic acids is 1. The lowest BCUT2D eigenvalue weighted by molar-refractivity contribution is -0.120. The Bertz CT molecular complexity index is 245. The van der Waals surface area contributed by atoms with Gasteiger partial charge in [0, 0.05) is 13.5 Å². The molecular weight excluding hydrogens is 210 g/mol. The Morgan fingerprint density at radius 2 is 2.40 bits per heavy atom. The van der Waals surface area contributed by atoms with Crippen LogP contribution in [0.1, 0.15) is 25.7 Å². The Kier molecular flexibility index (Phi) is 4.98. The summed E-state index contributed by atoms with van der Waals surface area (Å²) in [5.74, 6) is 0.0982. The summed E-state index contributed by atoms with van der Waals surface area (Å²) in [5, 5.41) is 2.62. The zero-order chi connectivity index (χ0) is 11.3. The Labute approximate surface area is 96.2 Å². The van der Waals surface area contributed by atoms with Gasteiger partial charge in [-0.15, -0.1) is 0 Å².